The molecule has 1 aliphatic heterocycles. The van der Waals surface area contributed by atoms with Crippen LogP contribution in [0.25, 0.3) is 11.3 Å². The van der Waals surface area contributed by atoms with Crippen LogP contribution < -0.4 is 10.2 Å². The standard InChI is InChI=1S/C18H23N5/c1-3-9-19-18-20-16(15-7-5-4-6-8-15)14-17(21-18)23-12-10-22(2)11-13-23/h3-8,14H,1,9-13H2,2H3,(H,19,20,21). The summed E-state index contributed by atoms with van der Waals surface area (Å²) in [6.45, 7) is 8.48. The number of rotatable bonds is 5. The van der Waals surface area contributed by atoms with Gasteiger partial charge in [-0.3, -0.25) is 0 Å². The number of anilines is 2. The highest BCUT2D eigenvalue weighted by Crippen LogP contribution is 2.24. The van der Waals surface area contributed by atoms with Crippen LogP contribution in [-0.2, 0) is 0 Å². The first kappa shape index (κ1) is 15.5. The lowest BCUT2D eigenvalue weighted by molar-refractivity contribution is 0.312. The van der Waals surface area contributed by atoms with E-state index in [2.05, 4.69) is 56.9 Å². The molecule has 1 fully saturated rings. The Morgan fingerprint density at radius 1 is 1.13 bits per heavy atom. The summed E-state index contributed by atoms with van der Waals surface area (Å²) in [5.41, 5.74) is 2.05. The van der Waals surface area contributed by atoms with Crippen molar-refractivity contribution >= 4 is 11.8 Å². The maximum Gasteiger partial charge on any atom is 0.225 e. The Kier molecular flexibility index (Phi) is 4.88. The molecular formula is C18H23N5. The molecule has 1 N–H and O–H groups in total. The zero-order chi connectivity index (χ0) is 16.1. The van der Waals surface area contributed by atoms with Crippen LogP contribution in [0.5, 0.6) is 0 Å². The van der Waals surface area contributed by atoms with Crippen LogP contribution in [0.3, 0.4) is 0 Å². The van der Waals surface area contributed by atoms with Gasteiger partial charge in [-0.1, -0.05) is 36.4 Å². The summed E-state index contributed by atoms with van der Waals surface area (Å²) in [4.78, 5) is 14.0. The molecule has 23 heavy (non-hydrogen) atoms. The van der Waals surface area contributed by atoms with Gasteiger partial charge in [0.15, 0.2) is 0 Å². The van der Waals surface area contributed by atoms with Gasteiger partial charge >= 0.3 is 0 Å². The van der Waals surface area contributed by atoms with Gasteiger partial charge < -0.3 is 15.1 Å². The summed E-state index contributed by atoms with van der Waals surface area (Å²) in [5.74, 6) is 1.64. The molecule has 0 amide bonds. The third-order valence-electron chi connectivity index (χ3n) is 4.01. The second-order valence-corrected chi connectivity index (χ2v) is 5.76. The maximum atomic E-state index is 4.68. The third-order valence-corrected chi connectivity index (χ3v) is 4.01. The van der Waals surface area contributed by atoms with Crippen molar-refractivity contribution in [2.75, 3.05) is 50.0 Å². The molecule has 5 heteroatoms. The summed E-state index contributed by atoms with van der Waals surface area (Å²) in [6, 6.07) is 12.3. The lowest BCUT2D eigenvalue weighted by Crippen LogP contribution is -2.44. The van der Waals surface area contributed by atoms with E-state index in [0.29, 0.717) is 12.5 Å². The van der Waals surface area contributed by atoms with Gasteiger partial charge in [0.05, 0.1) is 5.69 Å². The van der Waals surface area contributed by atoms with Gasteiger partial charge in [0.25, 0.3) is 0 Å². The zero-order valence-electron chi connectivity index (χ0n) is 13.6. The van der Waals surface area contributed by atoms with E-state index < -0.39 is 0 Å². The molecule has 0 spiro atoms. The number of piperazine rings is 1. The first-order valence-corrected chi connectivity index (χ1v) is 7.99. The van der Waals surface area contributed by atoms with Crippen LogP contribution in [0.4, 0.5) is 11.8 Å². The maximum absolute atomic E-state index is 4.68. The first-order chi connectivity index (χ1) is 11.3. The number of hydrogen-bond acceptors (Lipinski definition) is 5. The van der Waals surface area contributed by atoms with E-state index in [1.54, 1.807) is 0 Å². The summed E-state index contributed by atoms with van der Waals surface area (Å²) in [6.07, 6.45) is 1.81. The van der Waals surface area contributed by atoms with E-state index in [1.807, 2.05) is 24.3 Å². The second kappa shape index (κ2) is 7.24. The monoisotopic (exact) mass is 309 g/mol. The number of likely N-dealkylation sites (N-methyl/N-ethyl adjacent to an activating group) is 1. The minimum absolute atomic E-state index is 0.653. The Hall–Kier alpha value is -2.40. The fourth-order valence-electron chi connectivity index (χ4n) is 2.63. The molecule has 1 aromatic carbocycles. The number of benzene rings is 1. The van der Waals surface area contributed by atoms with Crippen LogP contribution >= 0.6 is 0 Å². The van der Waals surface area contributed by atoms with Crippen LogP contribution in [0.2, 0.25) is 0 Å². The third kappa shape index (κ3) is 3.87. The Bertz CT molecular complexity index is 648. The van der Waals surface area contributed by atoms with Crippen molar-refractivity contribution in [2.45, 2.75) is 0 Å². The molecule has 3 rings (SSSR count). The molecule has 5 nitrogen and oxygen atoms in total. The molecule has 0 saturated carbocycles. The lowest BCUT2D eigenvalue weighted by atomic mass is 10.1. The van der Waals surface area contributed by atoms with Gasteiger partial charge in [0, 0.05) is 44.4 Å². The fourth-order valence-corrected chi connectivity index (χ4v) is 2.63. The first-order valence-electron chi connectivity index (χ1n) is 7.99. The summed E-state index contributed by atoms with van der Waals surface area (Å²) >= 11 is 0. The number of aromatic nitrogens is 2. The summed E-state index contributed by atoms with van der Waals surface area (Å²) in [5, 5.41) is 3.22. The van der Waals surface area contributed by atoms with E-state index in [1.165, 1.54) is 0 Å². The van der Waals surface area contributed by atoms with Crippen molar-refractivity contribution in [3.8, 4) is 11.3 Å². The molecule has 2 heterocycles. The molecule has 2 aromatic rings. The molecule has 120 valence electrons. The van der Waals surface area contributed by atoms with Crippen molar-refractivity contribution in [3.63, 3.8) is 0 Å². The normalized spacial score (nSPS) is 15.4. The average molecular weight is 309 g/mol. The highest BCUT2D eigenvalue weighted by atomic mass is 15.3. The predicted octanol–water partition coefficient (Wildman–Crippen LogP) is 2.49. The van der Waals surface area contributed by atoms with Gasteiger partial charge in [-0.2, -0.15) is 4.98 Å². The molecule has 0 aliphatic carbocycles. The van der Waals surface area contributed by atoms with E-state index >= 15 is 0 Å². The van der Waals surface area contributed by atoms with Crippen molar-refractivity contribution < 1.29 is 0 Å². The molecule has 0 atom stereocenters. The zero-order valence-corrected chi connectivity index (χ0v) is 13.6. The van der Waals surface area contributed by atoms with Crippen LogP contribution in [0.15, 0.2) is 49.1 Å². The summed E-state index contributed by atoms with van der Waals surface area (Å²) < 4.78 is 0. The molecule has 0 bridgehead atoms. The molecular weight excluding hydrogens is 286 g/mol. The Morgan fingerprint density at radius 2 is 1.87 bits per heavy atom. The Morgan fingerprint density at radius 3 is 2.57 bits per heavy atom. The van der Waals surface area contributed by atoms with Gasteiger partial charge in [0.1, 0.15) is 5.82 Å². The predicted molar refractivity (Wildman–Crippen MR) is 95.9 cm³/mol. The van der Waals surface area contributed by atoms with E-state index in [4.69, 9.17) is 0 Å². The van der Waals surface area contributed by atoms with Gasteiger partial charge in [-0.15, -0.1) is 6.58 Å². The summed E-state index contributed by atoms with van der Waals surface area (Å²) in [7, 11) is 2.16. The highest BCUT2D eigenvalue weighted by Gasteiger charge is 2.17. The second-order valence-electron chi connectivity index (χ2n) is 5.76. The van der Waals surface area contributed by atoms with E-state index in [0.717, 1.165) is 43.3 Å². The van der Waals surface area contributed by atoms with Crippen molar-refractivity contribution in [1.29, 1.82) is 0 Å². The lowest BCUT2D eigenvalue weighted by Gasteiger charge is -2.33. The quantitative estimate of drug-likeness (QED) is 0.860. The van der Waals surface area contributed by atoms with Gasteiger partial charge in [-0.05, 0) is 7.05 Å². The highest BCUT2D eigenvalue weighted by molar-refractivity contribution is 5.64. The van der Waals surface area contributed by atoms with Crippen LogP contribution in [0.1, 0.15) is 0 Å². The molecule has 1 aromatic heterocycles. The minimum Gasteiger partial charge on any atom is -0.354 e. The number of nitrogens with zero attached hydrogens (tertiary/aromatic N) is 4. The molecule has 0 unspecified atom stereocenters. The molecule has 1 saturated heterocycles. The minimum atomic E-state index is 0.653. The SMILES string of the molecule is C=CCNc1nc(-c2ccccc2)cc(N2CCN(C)CC2)n1. The van der Waals surface area contributed by atoms with E-state index in [-0.39, 0.29) is 0 Å². The smallest absolute Gasteiger partial charge is 0.225 e. The molecule has 1 aliphatic rings. The van der Waals surface area contributed by atoms with Crippen LogP contribution in [0, 0.1) is 0 Å². The Balaban J connectivity index is 1.93. The van der Waals surface area contributed by atoms with Crippen LogP contribution in [-0.4, -0.2) is 54.6 Å². The average Bonchev–Trinajstić information content (AvgIpc) is 2.61. The number of hydrogen-bond donors (Lipinski definition) is 1. The topological polar surface area (TPSA) is 44.3 Å². The Labute approximate surface area is 137 Å². The van der Waals surface area contributed by atoms with Gasteiger partial charge in [-0.25, -0.2) is 4.98 Å². The van der Waals surface area contributed by atoms with Gasteiger partial charge in [0.2, 0.25) is 5.95 Å². The van der Waals surface area contributed by atoms with Crippen molar-refractivity contribution in [1.82, 2.24) is 14.9 Å². The number of nitrogens with one attached hydrogen (secondary N) is 1. The fraction of sp³-hybridized carbons (Fsp3) is 0.333. The van der Waals surface area contributed by atoms with Crippen molar-refractivity contribution in [3.05, 3.63) is 49.1 Å². The van der Waals surface area contributed by atoms with Crippen molar-refractivity contribution in [2.24, 2.45) is 0 Å². The largest absolute Gasteiger partial charge is 0.354 e. The van der Waals surface area contributed by atoms with E-state index in [9.17, 15) is 0 Å². The molecule has 0 radical (unpaired) electrons.